The fourth-order valence-electron chi connectivity index (χ4n) is 3.08. The summed E-state index contributed by atoms with van der Waals surface area (Å²) in [5, 5.41) is 6.68. The summed E-state index contributed by atoms with van der Waals surface area (Å²) in [4.78, 5) is 20.6. The maximum absolute atomic E-state index is 12.1. The number of carbonyl (C=O) groups is 1. The number of anilines is 3. The molecule has 1 aliphatic carbocycles. The second-order valence-electron chi connectivity index (χ2n) is 6.16. The van der Waals surface area contributed by atoms with Crippen molar-refractivity contribution < 1.29 is 9.53 Å². The van der Waals surface area contributed by atoms with Crippen molar-refractivity contribution in [1.29, 1.82) is 0 Å². The van der Waals surface area contributed by atoms with Gasteiger partial charge in [-0.15, -0.1) is 0 Å². The zero-order valence-corrected chi connectivity index (χ0v) is 14.5. The molecule has 2 aromatic rings. The first-order chi connectivity index (χ1) is 12.3. The van der Waals surface area contributed by atoms with Gasteiger partial charge in [0.1, 0.15) is 18.0 Å². The van der Waals surface area contributed by atoms with Gasteiger partial charge in [-0.3, -0.25) is 0 Å². The normalized spacial score (nSPS) is 14.8. The molecule has 3 rings (SSSR count). The number of rotatable bonds is 6. The largest absolute Gasteiger partial charge is 0.462 e. The summed E-state index contributed by atoms with van der Waals surface area (Å²) in [5.74, 6) is 1.10. The molecule has 0 bridgehead atoms. The van der Waals surface area contributed by atoms with Crippen molar-refractivity contribution >= 4 is 23.3 Å². The summed E-state index contributed by atoms with van der Waals surface area (Å²) < 4.78 is 5.11. The zero-order chi connectivity index (χ0) is 17.5. The van der Waals surface area contributed by atoms with E-state index < -0.39 is 0 Å². The second kappa shape index (κ2) is 8.46. The van der Waals surface area contributed by atoms with Crippen molar-refractivity contribution in [2.24, 2.45) is 0 Å². The molecular weight excluding hydrogens is 316 g/mol. The molecule has 1 saturated carbocycles. The van der Waals surface area contributed by atoms with Gasteiger partial charge in [0.05, 0.1) is 17.9 Å². The van der Waals surface area contributed by atoms with Crippen molar-refractivity contribution in [1.82, 2.24) is 9.97 Å². The maximum atomic E-state index is 12.1. The Morgan fingerprint density at radius 3 is 2.72 bits per heavy atom. The van der Waals surface area contributed by atoms with Gasteiger partial charge in [0.2, 0.25) is 0 Å². The van der Waals surface area contributed by atoms with E-state index in [1.165, 1.54) is 38.4 Å². The molecule has 0 aliphatic heterocycles. The highest BCUT2D eigenvalue weighted by atomic mass is 16.5. The monoisotopic (exact) mass is 340 g/mol. The van der Waals surface area contributed by atoms with Crippen LogP contribution in [0, 0.1) is 0 Å². The number of para-hydroxylation sites is 1. The number of hydrogen-bond donors (Lipinski definition) is 2. The minimum absolute atomic E-state index is 0.343. The van der Waals surface area contributed by atoms with Crippen LogP contribution >= 0.6 is 0 Å². The van der Waals surface area contributed by atoms with Crippen LogP contribution < -0.4 is 10.6 Å². The molecule has 0 radical (unpaired) electrons. The van der Waals surface area contributed by atoms with Gasteiger partial charge in [-0.25, -0.2) is 14.8 Å². The molecule has 1 fully saturated rings. The molecule has 0 saturated heterocycles. The predicted octanol–water partition coefficient (Wildman–Crippen LogP) is 4.14. The molecular formula is C19H24N4O2. The number of nitrogens with zero attached hydrogens (tertiary/aromatic N) is 2. The van der Waals surface area contributed by atoms with E-state index in [1.807, 2.05) is 24.3 Å². The van der Waals surface area contributed by atoms with Gasteiger partial charge in [0.25, 0.3) is 0 Å². The SMILES string of the molecule is CCOC(=O)c1ccccc1Nc1cc(NC2CCCCC2)ncn1. The van der Waals surface area contributed by atoms with E-state index in [2.05, 4.69) is 20.6 Å². The third kappa shape index (κ3) is 4.68. The highest BCUT2D eigenvalue weighted by molar-refractivity contribution is 5.96. The van der Waals surface area contributed by atoms with Crippen LogP contribution in [0.5, 0.6) is 0 Å². The van der Waals surface area contributed by atoms with E-state index >= 15 is 0 Å². The van der Waals surface area contributed by atoms with Crippen LogP contribution in [0.15, 0.2) is 36.7 Å². The molecule has 6 nitrogen and oxygen atoms in total. The highest BCUT2D eigenvalue weighted by Gasteiger charge is 2.15. The van der Waals surface area contributed by atoms with Crippen molar-refractivity contribution in [3.8, 4) is 0 Å². The van der Waals surface area contributed by atoms with E-state index in [9.17, 15) is 4.79 Å². The number of benzene rings is 1. The Labute approximate surface area is 148 Å². The number of hydrogen-bond acceptors (Lipinski definition) is 6. The van der Waals surface area contributed by atoms with Gasteiger partial charge in [-0.1, -0.05) is 31.4 Å². The van der Waals surface area contributed by atoms with Gasteiger partial charge in [0.15, 0.2) is 0 Å². The van der Waals surface area contributed by atoms with Crippen LogP contribution in [0.1, 0.15) is 49.4 Å². The smallest absolute Gasteiger partial charge is 0.340 e. The number of esters is 1. The molecule has 6 heteroatoms. The quantitative estimate of drug-likeness (QED) is 0.770. The Morgan fingerprint density at radius 2 is 1.92 bits per heavy atom. The Hall–Kier alpha value is -2.63. The fourth-order valence-corrected chi connectivity index (χ4v) is 3.08. The maximum Gasteiger partial charge on any atom is 0.340 e. The first kappa shape index (κ1) is 17.2. The molecule has 1 aliphatic rings. The Bertz CT molecular complexity index is 714. The summed E-state index contributed by atoms with van der Waals surface area (Å²) in [7, 11) is 0. The predicted molar refractivity (Wildman–Crippen MR) is 98.2 cm³/mol. The Balaban J connectivity index is 1.73. The molecule has 1 aromatic carbocycles. The van der Waals surface area contributed by atoms with Crippen LogP contribution in [-0.4, -0.2) is 28.6 Å². The van der Waals surface area contributed by atoms with E-state index in [0.29, 0.717) is 29.7 Å². The summed E-state index contributed by atoms with van der Waals surface area (Å²) >= 11 is 0. The molecule has 0 spiro atoms. The topological polar surface area (TPSA) is 76.1 Å². The third-order valence-electron chi connectivity index (χ3n) is 4.31. The summed E-state index contributed by atoms with van der Waals surface area (Å²) in [6.45, 7) is 2.14. The van der Waals surface area contributed by atoms with Crippen molar-refractivity contribution in [2.75, 3.05) is 17.2 Å². The number of carbonyl (C=O) groups excluding carboxylic acids is 1. The van der Waals surface area contributed by atoms with Crippen LogP contribution in [-0.2, 0) is 4.74 Å². The molecule has 1 heterocycles. The van der Waals surface area contributed by atoms with Crippen molar-refractivity contribution in [3.05, 3.63) is 42.2 Å². The lowest BCUT2D eigenvalue weighted by molar-refractivity contribution is 0.0527. The van der Waals surface area contributed by atoms with E-state index in [1.54, 1.807) is 13.0 Å². The lowest BCUT2D eigenvalue weighted by Crippen LogP contribution is -2.22. The van der Waals surface area contributed by atoms with Gasteiger partial charge < -0.3 is 15.4 Å². The standard InChI is InChI=1S/C19H24N4O2/c1-2-25-19(24)15-10-6-7-11-16(15)23-18-12-17(20-13-21-18)22-14-8-4-3-5-9-14/h6-7,10-14H,2-5,8-9H2,1H3,(H2,20,21,22,23). The van der Waals surface area contributed by atoms with Crippen LogP contribution in [0.2, 0.25) is 0 Å². The average Bonchev–Trinajstić information content (AvgIpc) is 2.63. The Kier molecular flexibility index (Phi) is 5.82. The van der Waals surface area contributed by atoms with Gasteiger partial charge in [0, 0.05) is 12.1 Å². The third-order valence-corrected chi connectivity index (χ3v) is 4.31. The van der Waals surface area contributed by atoms with E-state index in [-0.39, 0.29) is 5.97 Å². The molecule has 132 valence electrons. The van der Waals surface area contributed by atoms with Gasteiger partial charge in [-0.2, -0.15) is 0 Å². The average molecular weight is 340 g/mol. The minimum Gasteiger partial charge on any atom is -0.462 e. The minimum atomic E-state index is -0.347. The van der Waals surface area contributed by atoms with Crippen LogP contribution in [0.4, 0.5) is 17.3 Å². The molecule has 25 heavy (non-hydrogen) atoms. The zero-order valence-electron chi connectivity index (χ0n) is 14.5. The number of nitrogens with one attached hydrogen (secondary N) is 2. The lowest BCUT2D eigenvalue weighted by atomic mass is 9.95. The molecule has 0 unspecified atom stereocenters. The Morgan fingerprint density at radius 1 is 1.16 bits per heavy atom. The first-order valence-electron chi connectivity index (χ1n) is 8.88. The molecule has 0 amide bonds. The van der Waals surface area contributed by atoms with Crippen molar-refractivity contribution in [2.45, 2.75) is 45.1 Å². The van der Waals surface area contributed by atoms with Gasteiger partial charge >= 0.3 is 5.97 Å². The van der Waals surface area contributed by atoms with E-state index in [4.69, 9.17) is 4.74 Å². The second-order valence-corrected chi connectivity index (χ2v) is 6.16. The number of ether oxygens (including phenoxy) is 1. The summed E-state index contributed by atoms with van der Waals surface area (Å²) in [6.07, 6.45) is 7.73. The van der Waals surface area contributed by atoms with Crippen molar-refractivity contribution in [3.63, 3.8) is 0 Å². The first-order valence-corrected chi connectivity index (χ1v) is 8.88. The highest BCUT2D eigenvalue weighted by Crippen LogP contribution is 2.24. The molecule has 2 N–H and O–H groups in total. The fraction of sp³-hybridized carbons (Fsp3) is 0.421. The van der Waals surface area contributed by atoms with Crippen LogP contribution in [0.3, 0.4) is 0 Å². The lowest BCUT2D eigenvalue weighted by Gasteiger charge is -2.23. The number of aromatic nitrogens is 2. The molecule has 1 aromatic heterocycles. The van der Waals surface area contributed by atoms with Crippen LogP contribution in [0.25, 0.3) is 0 Å². The summed E-state index contributed by atoms with van der Waals surface area (Å²) in [6, 6.07) is 9.60. The summed E-state index contributed by atoms with van der Waals surface area (Å²) in [5.41, 5.74) is 1.16. The van der Waals surface area contributed by atoms with E-state index in [0.717, 1.165) is 5.82 Å². The van der Waals surface area contributed by atoms with Gasteiger partial charge in [-0.05, 0) is 31.9 Å². The molecule has 0 atom stereocenters.